The Balaban J connectivity index is 2.47. The highest BCUT2D eigenvalue weighted by Crippen LogP contribution is 2.27. The van der Waals surface area contributed by atoms with E-state index in [1.165, 1.54) is 19.2 Å². The monoisotopic (exact) mass is 277 g/mol. The van der Waals surface area contributed by atoms with Gasteiger partial charge >= 0.3 is 6.18 Å². The number of aromatic nitrogens is 1. The molecule has 0 radical (unpaired) electrons. The molecule has 106 valence electrons. The van der Waals surface area contributed by atoms with Crippen molar-refractivity contribution in [1.29, 1.82) is 0 Å². The Morgan fingerprint density at radius 2 is 2.16 bits per heavy atom. The number of halogens is 3. The van der Waals surface area contributed by atoms with Gasteiger partial charge in [-0.25, -0.2) is 4.98 Å². The Morgan fingerprint density at radius 3 is 2.79 bits per heavy atom. The van der Waals surface area contributed by atoms with Crippen LogP contribution in [0.25, 0.3) is 0 Å². The van der Waals surface area contributed by atoms with Gasteiger partial charge < -0.3 is 15.4 Å². The van der Waals surface area contributed by atoms with Crippen molar-refractivity contribution in [1.82, 2.24) is 10.3 Å². The maximum atomic E-state index is 12.4. The number of pyridine rings is 1. The van der Waals surface area contributed by atoms with Crippen LogP contribution in [-0.2, 0) is 15.7 Å². The first-order valence-corrected chi connectivity index (χ1v) is 5.47. The largest absolute Gasteiger partial charge is 0.433 e. The molecule has 0 aliphatic heterocycles. The molecule has 2 N–H and O–H groups in total. The van der Waals surface area contributed by atoms with Crippen molar-refractivity contribution in [3.05, 3.63) is 23.9 Å². The number of hydrogen-bond acceptors (Lipinski definition) is 4. The van der Waals surface area contributed by atoms with Gasteiger partial charge in [0.1, 0.15) is 11.5 Å². The van der Waals surface area contributed by atoms with Crippen molar-refractivity contribution in [2.75, 3.05) is 32.1 Å². The summed E-state index contributed by atoms with van der Waals surface area (Å²) in [6.45, 7) is 0.554. The first-order valence-electron chi connectivity index (χ1n) is 5.47. The first kappa shape index (κ1) is 15.2. The van der Waals surface area contributed by atoms with Gasteiger partial charge in [-0.05, 0) is 12.1 Å². The molecule has 0 bridgehead atoms. The van der Waals surface area contributed by atoms with Crippen LogP contribution in [0.4, 0.5) is 19.0 Å². The second-order valence-electron chi connectivity index (χ2n) is 3.60. The van der Waals surface area contributed by atoms with Gasteiger partial charge in [-0.1, -0.05) is 6.07 Å². The van der Waals surface area contributed by atoms with E-state index in [-0.39, 0.29) is 18.3 Å². The van der Waals surface area contributed by atoms with Crippen LogP contribution >= 0.6 is 0 Å². The average Bonchev–Trinajstić information content (AvgIpc) is 2.36. The number of carbonyl (C=O) groups is 1. The summed E-state index contributed by atoms with van der Waals surface area (Å²) >= 11 is 0. The Morgan fingerprint density at radius 1 is 1.42 bits per heavy atom. The van der Waals surface area contributed by atoms with Crippen LogP contribution in [0.5, 0.6) is 0 Å². The van der Waals surface area contributed by atoms with Crippen molar-refractivity contribution in [3.63, 3.8) is 0 Å². The lowest BCUT2D eigenvalue weighted by Crippen LogP contribution is -2.32. The highest BCUT2D eigenvalue weighted by Gasteiger charge is 2.32. The zero-order valence-corrected chi connectivity index (χ0v) is 10.3. The highest BCUT2D eigenvalue weighted by molar-refractivity contribution is 5.80. The third kappa shape index (κ3) is 5.56. The van der Waals surface area contributed by atoms with E-state index < -0.39 is 11.9 Å². The molecule has 19 heavy (non-hydrogen) atoms. The average molecular weight is 277 g/mol. The zero-order valence-electron chi connectivity index (χ0n) is 10.3. The minimum Gasteiger partial charge on any atom is -0.383 e. The summed E-state index contributed by atoms with van der Waals surface area (Å²) in [4.78, 5) is 14.7. The fourth-order valence-corrected chi connectivity index (χ4v) is 1.22. The predicted octanol–water partition coefficient (Wildman–Crippen LogP) is 1.27. The van der Waals surface area contributed by atoms with Crippen LogP contribution in [0.2, 0.25) is 0 Å². The molecule has 1 aromatic heterocycles. The topological polar surface area (TPSA) is 63.2 Å². The molecule has 0 saturated carbocycles. The third-order valence-electron chi connectivity index (χ3n) is 2.10. The van der Waals surface area contributed by atoms with E-state index in [1.807, 2.05) is 0 Å². The number of carbonyl (C=O) groups excluding carboxylic acids is 1. The molecule has 1 amide bonds. The van der Waals surface area contributed by atoms with E-state index in [0.29, 0.717) is 13.2 Å². The SMILES string of the molecule is COCCNC(=O)CNc1cccc(C(F)(F)F)n1. The van der Waals surface area contributed by atoms with Gasteiger partial charge in [-0.15, -0.1) is 0 Å². The van der Waals surface area contributed by atoms with Crippen molar-refractivity contribution < 1.29 is 22.7 Å². The fourth-order valence-electron chi connectivity index (χ4n) is 1.22. The van der Waals surface area contributed by atoms with Gasteiger partial charge in [0.2, 0.25) is 5.91 Å². The first-order chi connectivity index (χ1) is 8.93. The lowest BCUT2D eigenvalue weighted by Gasteiger charge is -2.09. The zero-order chi connectivity index (χ0) is 14.3. The molecule has 1 aromatic rings. The van der Waals surface area contributed by atoms with Gasteiger partial charge in [0.15, 0.2) is 0 Å². The molecule has 5 nitrogen and oxygen atoms in total. The molecule has 1 heterocycles. The van der Waals surface area contributed by atoms with Crippen LogP contribution in [-0.4, -0.2) is 37.7 Å². The van der Waals surface area contributed by atoms with Crippen molar-refractivity contribution in [3.8, 4) is 0 Å². The number of alkyl halides is 3. The number of nitrogens with one attached hydrogen (secondary N) is 2. The predicted molar refractivity (Wildman–Crippen MR) is 62.6 cm³/mol. The van der Waals surface area contributed by atoms with Crippen molar-refractivity contribution in [2.24, 2.45) is 0 Å². The molecule has 0 saturated heterocycles. The molecule has 0 aromatic carbocycles. The van der Waals surface area contributed by atoms with Crippen LogP contribution < -0.4 is 10.6 Å². The van der Waals surface area contributed by atoms with Crippen LogP contribution in [0.1, 0.15) is 5.69 Å². The molecular formula is C11H14F3N3O2. The normalized spacial score (nSPS) is 11.2. The van der Waals surface area contributed by atoms with Gasteiger partial charge in [-0.3, -0.25) is 4.79 Å². The number of nitrogens with zero attached hydrogens (tertiary/aromatic N) is 1. The number of methoxy groups -OCH3 is 1. The van der Waals surface area contributed by atoms with E-state index in [9.17, 15) is 18.0 Å². The minimum absolute atomic E-state index is 0.00304. The highest BCUT2D eigenvalue weighted by atomic mass is 19.4. The van der Waals surface area contributed by atoms with E-state index >= 15 is 0 Å². The summed E-state index contributed by atoms with van der Waals surface area (Å²) in [6, 6.07) is 3.45. The van der Waals surface area contributed by atoms with E-state index in [4.69, 9.17) is 4.74 Å². The molecule has 0 fully saturated rings. The number of amides is 1. The molecule has 8 heteroatoms. The maximum Gasteiger partial charge on any atom is 0.433 e. The fraction of sp³-hybridized carbons (Fsp3) is 0.455. The summed E-state index contributed by atoms with van der Waals surface area (Å²) in [5, 5.41) is 5.04. The van der Waals surface area contributed by atoms with Crippen LogP contribution in [0.15, 0.2) is 18.2 Å². The second kappa shape index (κ2) is 6.93. The lowest BCUT2D eigenvalue weighted by molar-refractivity contribution is -0.141. The Kier molecular flexibility index (Phi) is 5.56. The van der Waals surface area contributed by atoms with Crippen LogP contribution in [0.3, 0.4) is 0 Å². The summed E-state index contributed by atoms with van der Waals surface area (Å²) in [5.41, 5.74) is -1.00. The van der Waals surface area contributed by atoms with Gasteiger partial charge in [0.25, 0.3) is 0 Å². The maximum absolute atomic E-state index is 12.4. The summed E-state index contributed by atoms with van der Waals surface area (Å²) in [6.07, 6.45) is -4.50. The Hall–Kier alpha value is -1.83. The van der Waals surface area contributed by atoms with E-state index in [2.05, 4.69) is 15.6 Å². The molecule has 0 atom stereocenters. The number of rotatable bonds is 6. The molecular weight excluding hydrogens is 263 g/mol. The molecule has 1 rings (SSSR count). The second-order valence-corrected chi connectivity index (χ2v) is 3.60. The van der Waals surface area contributed by atoms with E-state index in [1.54, 1.807) is 0 Å². The summed E-state index contributed by atoms with van der Waals surface area (Å²) in [5.74, 6) is -0.354. The summed E-state index contributed by atoms with van der Waals surface area (Å²) < 4.78 is 41.9. The Labute approximate surface area is 108 Å². The van der Waals surface area contributed by atoms with Crippen molar-refractivity contribution in [2.45, 2.75) is 6.18 Å². The van der Waals surface area contributed by atoms with Gasteiger partial charge in [-0.2, -0.15) is 13.2 Å². The number of ether oxygens (including phenoxy) is 1. The van der Waals surface area contributed by atoms with Gasteiger partial charge in [0.05, 0.1) is 13.2 Å². The summed E-state index contributed by atoms with van der Waals surface area (Å²) in [7, 11) is 1.50. The Bertz CT molecular complexity index is 424. The smallest absolute Gasteiger partial charge is 0.383 e. The quantitative estimate of drug-likeness (QED) is 0.769. The lowest BCUT2D eigenvalue weighted by atomic mass is 10.3. The molecule has 0 unspecified atom stereocenters. The standard InChI is InChI=1S/C11H14F3N3O2/c1-19-6-5-15-10(18)7-16-9-4-2-3-8(17-9)11(12,13)14/h2-4H,5-7H2,1H3,(H,15,18)(H,16,17). The van der Waals surface area contributed by atoms with E-state index in [0.717, 1.165) is 6.07 Å². The number of anilines is 1. The van der Waals surface area contributed by atoms with Crippen molar-refractivity contribution >= 4 is 11.7 Å². The van der Waals surface area contributed by atoms with Crippen LogP contribution in [0, 0.1) is 0 Å². The third-order valence-corrected chi connectivity index (χ3v) is 2.10. The molecule has 0 aliphatic rings. The van der Waals surface area contributed by atoms with Gasteiger partial charge in [0, 0.05) is 13.7 Å². The molecule has 0 spiro atoms. The minimum atomic E-state index is -4.50. The number of hydrogen-bond donors (Lipinski definition) is 2. The molecule has 0 aliphatic carbocycles.